The van der Waals surface area contributed by atoms with Gasteiger partial charge in [0.2, 0.25) is 10.9 Å². The lowest BCUT2D eigenvalue weighted by Gasteiger charge is -2.25. The minimum Gasteiger partial charge on any atom is -0.503 e. The summed E-state index contributed by atoms with van der Waals surface area (Å²) in [5.41, 5.74) is 1.07. The first-order valence-electron chi connectivity index (χ1n) is 11.1. The van der Waals surface area contributed by atoms with Gasteiger partial charge < -0.3 is 5.11 Å². The van der Waals surface area contributed by atoms with Crippen molar-refractivity contribution < 1.29 is 19.1 Å². The molecule has 2 aromatic carbocycles. The molecular formula is C25H17Cl2FN4O3S3. The molecule has 5 rings (SSSR count). The lowest BCUT2D eigenvalue weighted by molar-refractivity contribution is -0.117. The molecule has 0 aliphatic carbocycles. The van der Waals surface area contributed by atoms with Crippen molar-refractivity contribution in [3.8, 4) is 0 Å². The molecule has 38 heavy (non-hydrogen) atoms. The molecule has 1 atom stereocenters. The van der Waals surface area contributed by atoms with Crippen molar-refractivity contribution in [1.29, 1.82) is 0 Å². The zero-order valence-corrected chi connectivity index (χ0v) is 23.7. The first kappa shape index (κ1) is 26.8. The molecule has 0 fully saturated rings. The van der Waals surface area contributed by atoms with Crippen LogP contribution in [0.15, 0.2) is 58.1 Å². The number of thiazole rings is 1. The fourth-order valence-electron chi connectivity index (χ4n) is 4.06. The molecule has 13 heteroatoms. The molecule has 1 aliphatic rings. The standard InChI is InChI=1S/C25H17Cl2FN4O3S3/c1-11-22(37-12(2)29-11)20(33)18-19(17-14(26)7-5-8-15(17)27)32(23(35)21(18)34)24-30-31-25(38-24)36-10-13-6-3-4-9-16(13)28/h3-9,19,34H,10H2,1-2H3. The van der Waals surface area contributed by atoms with Crippen LogP contribution in [-0.4, -0.2) is 32.0 Å². The predicted molar refractivity (Wildman–Crippen MR) is 148 cm³/mol. The van der Waals surface area contributed by atoms with Crippen molar-refractivity contribution in [1.82, 2.24) is 15.2 Å². The first-order valence-corrected chi connectivity index (χ1v) is 14.4. The smallest absolute Gasteiger partial charge is 0.296 e. The Morgan fingerprint density at radius 2 is 1.82 bits per heavy atom. The summed E-state index contributed by atoms with van der Waals surface area (Å²) in [7, 11) is 0. The molecule has 1 aliphatic heterocycles. The van der Waals surface area contributed by atoms with E-state index in [2.05, 4.69) is 15.2 Å². The molecule has 0 spiro atoms. The number of benzene rings is 2. The van der Waals surface area contributed by atoms with Gasteiger partial charge in [-0.3, -0.25) is 14.5 Å². The zero-order chi connectivity index (χ0) is 27.1. The highest BCUT2D eigenvalue weighted by molar-refractivity contribution is 8.00. The van der Waals surface area contributed by atoms with Gasteiger partial charge in [0.15, 0.2) is 10.1 Å². The monoisotopic (exact) mass is 606 g/mol. The van der Waals surface area contributed by atoms with E-state index in [1.807, 2.05) is 0 Å². The van der Waals surface area contributed by atoms with Crippen LogP contribution in [-0.2, 0) is 10.5 Å². The topological polar surface area (TPSA) is 96.3 Å². The average molecular weight is 608 g/mol. The maximum atomic E-state index is 14.0. The van der Waals surface area contributed by atoms with Crippen LogP contribution in [0.1, 0.15) is 37.5 Å². The maximum Gasteiger partial charge on any atom is 0.296 e. The number of hydrogen-bond acceptors (Lipinski definition) is 9. The second-order valence-electron chi connectivity index (χ2n) is 8.18. The van der Waals surface area contributed by atoms with E-state index in [1.165, 1.54) is 22.7 Å². The molecular weight excluding hydrogens is 590 g/mol. The molecule has 0 bridgehead atoms. The Balaban J connectivity index is 1.56. The fourth-order valence-corrected chi connectivity index (χ4v) is 7.39. The van der Waals surface area contributed by atoms with E-state index in [0.29, 0.717) is 31.2 Å². The van der Waals surface area contributed by atoms with Crippen molar-refractivity contribution in [3.63, 3.8) is 0 Å². The molecule has 1 unspecified atom stereocenters. The lowest BCUT2D eigenvalue weighted by Crippen LogP contribution is -2.31. The SMILES string of the molecule is Cc1nc(C)c(C(=O)C2=C(O)C(=O)N(c3nnc(SCc4ccccc4F)s3)C2c2c(Cl)cccc2Cl)s1. The molecule has 4 aromatic rings. The van der Waals surface area contributed by atoms with Gasteiger partial charge in [0, 0.05) is 21.4 Å². The molecule has 3 heterocycles. The number of Topliss-reactive ketones (excluding diaryl/α,β-unsaturated/α-hetero) is 1. The van der Waals surface area contributed by atoms with E-state index in [4.69, 9.17) is 23.2 Å². The molecule has 1 N–H and O–H groups in total. The van der Waals surface area contributed by atoms with Crippen LogP contribution in [0.4, 0.5) is 9.52 Å². The number of thioether (sulfide) groups is 1. The number of hydrogen-bond donors (Lipinski definition) is 1. The summed E-state index contributed by atoms with van der Waals surface area (Å²) >= 11 is 16.5. The summed E-state index contributed by atoms with van der Waals surface area (Å²) in [6.07, 6.45) is 0. The number of aliphatic hydroxyl groups is 1. The second kappa shape index (κ2) is 10.7. The minimum atomic E-state index is -1.16. The fraction of sp³-hybridized carbons (Fsp3) is 0.160. The number of anilines is 1. The third kappa shape index (κ3) is 4.85. The number of halogens is 3. The van der Waals surface area contributed by atoms with Crippen LogP contribution in [0.5, 0.6) is 0 Å². The van der Waals surface area contributed by atoms with Gasteiger partial charge in [-0.15, -0.1) is 21.5 Å². The van der Waals surface area contributed by atoms with Gasteiger partial charge in [-0.1, -0.05) is 70.6 Å². The molecule has 0 radical (unpaired) electrons. The van der Waals surface area contributed by atoms with Crippen molar-refractivity contribution >= 4 is 74.5 Å². The summed E-state index contributed by atoms with van der Waals surface area (Å²) in [5.74, 6) is -2.15. The van der Waals surface area contributed by atoms with E-state index in [0.717, 1.165) is 22.7 Å². The third-order valence-electron chi connectivity index (χ3n) is 5.75. The number of carbonyl (C=O) groups is 2. The van der Waals surface area contributed by atoms with Crippen LogP contribution in [0.25, 0.3) is 0 Å². The minimum absolute atomic E-state index is 0.124. The van der Waals surface area contributed by atoms with Crippen LogP contribution in [0.2, 0.25) is 10.0 Å². The number of rotatable bonds is 7. The number of nitrogens with zero attached hydrogens (tertiary/aromatic N) is 4. The Labute approximate surface area is 239 Å². The van der Waals surface area contributed by atoms with Gasteiger partial charge in [0.25, 0.3) is 5.91 Å². The van der Waals surface area contributed by atoms with Gasteiger partial charge in [-0.05, 0) is 37.6 Å². The van der Waals surface area contributed by atoms with Gasteiger partial charge in [-0.2, -0.15) is 0 Å². The van der Waals surface area contributed by atoms with E-state index in [9.17, 15) is 19.1 Å². The number of aliphatic hydroxyl groups excluding tert-OH is 1. The zero-order valence-electron chi connectivity index (χ0n) is 19.7. The van der Waals surface area contributed by atoms with Crippen LogP contribution in [0, 0.1) is 19.7 Å². The van der Waals surface area contributed by atoms with Crippen LogP contribution in [0.3, 0.4) is 0 Å². The molecule has 194 valence electrons. The average Bonchev–Trinajstić information content (AvgIpc) is 3.54. The Bertz CT molecular complexity index is 1600. The summed E-state index contributed by atoms with van der Waals surface area (Å²) in [6, 6.07) is 10.1. The van der Waals surface area contributed by atoms with Crippen LogP contribution < -0.4 is 4.90 Å². The van der Waals surface area contributed by atoms with Crippen molar-refractivity contribution in [3.05, 3.63) is 96.4 Å². The molecule has 7 nitrogen and oxygen atoms in total. The highest BCUT2D eigenvalue weighted by atomic mass is 35.5. The quantitative estimate of drug-likeness (QED) is 0.136. The number of aromatic nitrogens is 3. The Hall–Kier alpha value is -2.83. The largest absolute Gasteiger partial charge is 0.503 e. The number of amides is 1. The summed E-state index contributed by atoms with van der Waals surface area (Å²) in [4.78, 5) is 32.9. The van der Waals surface area contributed by atoms with Crippen LogP contribution >= 0.6 is 57.6 Å². The van der Waals surface area contributed by atoms with E-state index in [1.54, 1.807) is 50.2 Å². The highest BCUT2D eigenvalue weighted by Crippen LogP contribution is 2.48. The molecule has 1 amide bonds. The molecule has 0 saturated heterocycles. The summed E-state index contributed by atoms with van der Waals surface area (Å²) < 4.78 is 14.5. The summed E-state index contributed by atoms with van der Waals surface area (Å²) in [6.45, 7) is 3.45. The predicted octanol–water partition coefficient (Wildman–Crippen LogP) is 7.13. The van der Waals surface area contributed by atoms with Crippen molar-refractivity contribution in [2.45, 2.75) is 30.0 Å². The number of ketones is 1. The number of aryl methyl sites for hydroxylation is 2. The Kier molecular flexibility index (Phi) is 7.56. The first-order chi connectivity index (χ1) is 18.2. The maximum absolute atomic E-state index is 14.0. The van der Waals surface area contributed by atoms with E-state index in [-0.39, 0.29) is 32.1 Å². The van der Waals surface area contributed by atoms with Gasteiger partial charge in [0.05, 0.1) is 21.2 Å². The third-order valence-corrected chi connectivity index (χ3v) is 9.58. The van der Waals surface area contributed by atoms with E-state index >= 15 is 0 Å². The Morgan fingerprint density at radius 1 is 1.11 bits per heavy atom. The van der Waals surface area contributed by atoms with E-state index < -0.39 is 23.5 Å². The lowest BCUT2D eigenvalue weighted by atomic mass is 9.95. The number of carbonyl (C=O) groups excluding carboxylic acids is 2. The van der Waals surface area contributed by atoms with Gasteiger partial charge >= 0.3 is 0 Å². The van der Waals surface area contributed by atoms with Crippen molar-refractivity contribution in [2.75, 3.05) is 4.90 Å². The molecule has 2 aromatic heterocycles. The van der Waals surface area contributed by atoms with Gasteiger partial charge in [-0.25, -0.2) is 9.37 Å². The highest BCUT2D eigenvalue weighted by Gasteiger charge is 2.48. The van der Waals surface area contributed by atoms with Crippen molar-refractivity contribution in [2.24, 2.45) is 0 Å². The second-order valence-corrected chi connectivity index (χ2v) is 12.4. The Morgan fingerprint density at radius 3 is 2.47 bits per heavy atom. The molecule has 0 saturated carbocycles. The summed E-state index contributed by atoms with van der Waals surface area (Å²) in [5, 5.41) is 20.5. The normalized spacial score (nSPS) is 15.6. The van der Waals surface area contributed by atoms with Gasteiger partial charge in [0.1, 0.15) is 11.9 Å².